The van der Waals surface area contributed by atoms with Crippen molar-refractivity contribution in [3.63, 3.8) is 0 Å². The van der Waals surface area contributed by atoms with Crippen molar-refractivity contribution in [1.29, 1.82) is 0 Å². The van der Waals surface area contributed by atoms with E-state index in [1.54, 1.807) is 0 Å². The van der Waals surface area contributed by atoms with Crippen molar-refractivity contribution in [2.45, 2.75) is 0 Å². The van der Waals surface area contributed by atoms with E-state index in [1.807, 2.05) is 0 Å². The van der Waals surface area contributed by atoms with Crippen LogP contribution in [0.2, 0.25) is 0 Å². The summed E-state index contributed by atoms with van der Waals surface area (Å²) in [5.74, 6) is 0. The zero-order valence-corrected chi connectivity index (χ0v) is 46.7. The smallest absolute Gasteiger partial charge is 0.324 e. The van der Waals surface area contributed by atoms with Gasteiger partial charge < -0.3 is 37.2 Å². The molecule has 0 saturated carbocycles. The molecule has 3 nitrogen and oxygen atoms in total. The van der Waals surface area contributed by atoms with Gasteiger partial charge >= 0.3 is 18.7 Å². The topological polar surface area (TPSA) is 37.1 Å². The molecule has 348 valence electrons. The Balaban J connectivity index is 0.00000234. The predicted molar refractivity (Wildman–Crippen MR) is 301 cm³/mol. The van der Waals surface area contributed by atoms with Crippen LogP contribution in [0.15, 0.2) is 287 Å². The van der Waals surface area contributed by atoms with Crippen molar-refractivity contribution in [3.8, 4) is 0 Å². The lowest BCUT2D eigenvalue weighted by Gasteiger charge is -2.41. The molecule has 1 aliphatic heterocycles. The first kappa shape index (κ1) is 53.5. The van der Waals surface area contributed by atoms with Gasteiger partial charge in [-0.3, -0.25) is 0 Å². The molecule has 10 rings (SSSR count). The van der Waals surface area contributed by atoms with Gasteiger partial charge in [0.1, 0.15) is 47.7 Å². The third-order valence-corrected chi connectivity index (χ3v) is 56.4. The fourth-order valence-corrected chi connectivity index (χ4v) is 69.6. The van der Waals surface area contributed by atoms with Crippen LogP contribution in [0.25, 0.3) is 0 Å². The summed E-state index contributed by atoms with van der Waals surface area (Å²) < 4.78 is 19.0. The number of benzene rings is 9. The van der Waals surface area contributed by atoms with E-state index >= 15 is 0 Å². The second-order valence-electron chi connectivity index (χ2n) is 15.7. The molecule has 0 spiro atoms. The minimum atomic E-state index is -3.80. The summed E-state index contributed by atoms with van der Waals surface area (Å²) in [7, 11) is 0. The highest BCUT2D eigenvalue weighted by atomic mass is 35.7. The minimum Gasteiger partial charge on any atom is -1.00 e. The van der Waals surface area contributed by atoms with Gasteiger partial charge in [0.15, 0.2) is 20.9 Å². The molecule has 0 unspecified atom stereocenters. The minimum absolute atomic E-state index is 0. The molecule has 1 aliphatic rings. The summed E-state index contributed by atoms with van der Waals surface area (Å²) in [6, 6.07) is 96.1. The fourth-order valence-electron chi connectivity index (χ4n) is 9.31. The summed E-state index contributed by atoms with van der Waals surface area (Å²) in [6.07, 6.45) is -11.4. The van der Waals surface area contributed by atoms with E-state index in [-0.39, 0.29) is 37.2 Å². The Morgan fingerprint density at radius 2 is 0.304 bits per heavy atom. The average molecular weight is 1130 g/mol. The van der Waals surface area contributed by atoms with Gasteiger partial charge in [0, 0.05) is 0 Å². The summed E-state index contributed by atoms with van der Waals surface area (Å²) in [6.45, 7) is -9.55. The Morgan fingerprint density at radius 3 is 0.406 bits per heavy atom. The van der Waals surface area contributed by atoms with Crippen molar-refractivity contribution in [3.05, 3.63) is 273 Å². The van der Waals surface area contributed by atoms with Crippen LogP contribution in [-0.4, -0.2) is 0 Å². The molecule has 1 heterocycles. The normalized spacial score (nSPS) is 18.8. The van der Waals surface area contributed by atoms with E-state index in [1.165, 1.54) is 0 Å². The van der Waals surface area contributed by atoms with Crippen molar-refractivity contribution in [2.24, 2.45) is 13.5 Å². The highest BCUT2D eigenvalue weighted by molar-refractivity contribution is 8.69. The number of halogens is 6. The molecule has 0 atom stereocenters. The molecular formula is C54H45Cl6N3P6. The lowest BCUT2D eigenvalue weighted by atomic mass is 10.4. The lowest BCUT2D eigenvalue weighted by molar-refractivity contribution is -0.001000. The predicted octanol–water partition coefficient (Wildman–Crippen LogP) is 6.55. The third kappa shape index (κ3) is 9.04. The van der Waals surface area contributed by atoms with Crippen LogP contribution in [0.1, 0.15) is 0 Å². The number of nitrogens with zero attached hydrogens (tertiary/aromatic N) is 3. The zero-order chi connectivity index (χ0) is 45.1. The second-order valence-corrected chi connectivity index (χ2v) is 46.0. The molecule has 0 aliphatic carbocycles. The van der Waals surface area contributed by atoms with Crippen LogP contribution >= 0.6 is 73.3 Å². The van der Waals surface area contributed by atoms with Gasteiger partial charge in [-0.1, -0.05) is 164 Å². The van der Waals surface area contributed by atoms with E-state index in [0.29, 0.717) is 0 Å². The first-order valence-corrected chi connectivity index (χ1v) is 36.8. The summed E-state index contributed by atoms with van der Waals surface area (Å²) in [4.78, 5) is 0. The van der Waals surface area contributed by atoms with Gasteiger partial charge in [0.25, 0.3) is 0 Å². The van der Waals surface area contributed by atoms with E-state index in [4.69, 9.17) is 13.5 Å². The maximum atomic E-state index is 9.20. The van der Waals surface area contributed by atoms with Gasteiger partial charge in [-0.25, -0.2) is 0 Å². The zero-order valence-electron chi connectivity index (χ0n) is 36.8. The SMILES string of the molecule is ClP1([P+](c2ccccc2)(c2ccccc2)c2ccccc2)=NP(Cl)([P+](c2ccccc2)(c2ccccc2)c2ccccc2)=NP(Cl)([P+](c2ccccc2)(c2ccccc2)c2ccccc2)=N1.[Cl-].[Cl-].[Cl-]. The van der Waals surface area contributed by atoms with Gasteiger partial charge in [-0.2, -0.15) is 0 Å². The molecule has 9 aromatic rings. The Bertz CT molecular complexity index is 2600. The molecule has 15 heteroatoms. The maximum Gasteiger partial charge on any atom is 0.324 e. The average Bonchev–Trinajstić information content (AvgIpc) is 3.37. The van der Waals surface area contributed by atoms with Crippen molar-refractivity contribution in [1.82, 2.24) is 0 Å². The lowest BCUT2D eigenvalue weighted by Crippen LogP contribution is -3.00. The van der Waals surface area contributed by atoms with E-state index in [2.05, 4.69) is 273 Å². The molecule has 0 amide bonds. The highest BCUT2D eigenvalue weighted by Gasteiger charge is 2.72. The third-order valence-electron chi connectivity index (χ3n) is 12.0. The van der Waals surface area contributed by atoms with Crippen LogP contribution in [0.4, 0.5) is 0 Å². The molecule has 0 radical (unpaired) electrons. The van der Waals surface area contributed by atoms with Crippen molar-refractivity contribution in [2.75, 3.05) is 0 Å². The fraction of sp³-hybridized carbons (Fsp3) is 0. The number of rotatable bonds is 12. The van der Waals surface area contributed by atoms with Crippen molar-refractivity contribution >= 4 is 121 Å². The molecule has 0 N–H and O–H groups in total. The molecule has 0 aromatic heterocycles. The number of hydrogen-bond acceptors (Lipinski definition) is 3. The largest absolute Gasteiger partial charge is 1.00 e. The quantitative estimate of drug-likeness (QED) is 0.125. The molecule has 0 fully saturated rings. The van der Waals surface area contributed by atoms with E-state index in [0.717, 1.165) is 47.7 Å². The van der Waals surface area contributed by atoms with Gasteiger partial charge in [-0.05, 0) is 143 Å². The van der Waals surface area contributed by atoms with Gasteiger partial charge in [-0.15, -0.1) is 13.5 Å². The monoisotopic (exact) mass is 1130 g/mol. The standard InChI is InChI=1S/C54H45Cl3N3P6.3ClH/c55-64(61(46-28-10-1-11-29-46,47-30-12-2-13-31-47)48-32-14-3-15-33-48)58-65(56,62(49-34-16-4-17-35-49,50-36-18-5-19-37-50)51-38-20-6-21-39-51)60-66(57,59-64)63(52-40-22-7-23-41-52,53-42-24-8-25-43-53)54-44-26-9-27-45-54;;;/h1-45H;3*1H/q+3;;;/p-3. The summed E-state index contributed by atoms with van der Waals surface area (Å²) in [5.41, 5.74) is 0. The highest BCUT2D eigenvalue weighted by Crippen LogP contribution is 3.10. The van der Waals surface area contributed by atoms with Crippen LogP contribution in [0.5, 0.6) is 0 Å². The first-order valence-electron chi connectivity index (χ1n) is 21.5. The van der Waals surface area contributed by atoms with Crippen molar-refractivity contribution < 1.29 is 37.2 Å². The summed E-state index contributed by atoms with van der Waals surface area (Å²) in [5, 5.41) is 9.48. The Labute approximate surface area is 441 Å². The second kappa shape index (κ2) is 22.6. The van der Waals surface area contributed by atoms with Crippen LogP contribution in [-0.2, 0) is 0 Å². The molecule has 0 bridgehead atoms. The Kier molecular flexibility index (Phi) is 17.5. The maximum absolute atomic E-state index is 9.20. The first-order chi connectivity index (χ1) is 32.3. The summed E-state index contributed by atoms with van der Waals surface area (Å²) >= 11 is 27.6. The van der Waals surface area contributed by atoms with Crippen LogP contribution < -0.4 is 85.0 Å². The van der Waals surface area contributed by atoms with E-state index < -0.39 is 39.6 Å². The molecule has 69 heavy (non-hydrogen) atoms. The van der Waals surface area contributed by atoms with Gasteiger partial charge in [0.05, 0.1) is 0 Å². The molecule has 9 aromatic carbocycles. The molecule has 0 saturated heterocycles. The van der Waals surface area contributed by atoms with Crippen LogP contribution in [0, 0.1) is 0 Å². The Morgan fingerprint density at radius 1 is 0.203 bits per heavy atom. The van der Waals surface area contributed by atoms with Gasteiger partial charge in [0.2, 0.25) is 0 Å². The number of hydrogen-bond donors (Lipinski definition) is 0. The Hall–Kier alpha value is -3.30. The van der Waals surface area contributed by atoms with Crippen LogP contribution in [0.3, 0.4) is 0 Å². The molecular weight excluding hydrogens is 1090 g/mol. The van der Waals surface area contributed by atoms with E-state index in [9.17, 15) is 33.7 Å².